The standard InChI is InChI=1S/C10H14/c1-2-3-8-4-5-9-7-10(9)6-8/h4-6,9-10H,2-3,7H2,1H3. The summed E-state index contributed by atoms with van der Waals surface area (Å²) < 4.78 is 0. The number of hydrogen-bond acceptors (Lipinski definition) is 0. The quantitative estimate of drug-likeness (QED) is 0.544. The van der Waals surface area contributed by atoms with Gasteiger partial charge in [0.2, 0.25) is 0 Å². The summed E-state index contributed by atoms with van der Waals surface area (Å²) in [4.78, 5) is 0. The Balaban J connectivity index is 2.02. The monoisotopic (exact) mass is 134 g/mol. The highest BCUT2D eigenvalue weighted by Crippen LogP contribution is 2.44. The summed E-state index contributed by atoms with van der Waals surface area (Å²) in [5, 5.41) is 0. The van der Waals surface area contributed by atoms with Crippen LogP contribution in [0.5, 0.6) is 0 Å². The molecule has 0 aromatic carbocycles. The van der Waals surface area contributed by atoms with Crippen molar-refractivity contribution < 1.29 is 0 Å². The van der Waals surface area contributed by atoms with Gasteiger partial charge in [-0.3, -0.25) is 0 Å². The van der Waals surface area contributed by atoms with E-state index in [1.54, 1.807) is 5.57 Å². The van der Waals surface area contributed by atoms with E-state index in [2.05, 4.69) is 25.2 Å². The summed E-state index contributed by atoms with van der Waals surface area (Å²) in [5.41, 5.74) is 1.57. The first-order chi connectivity index (χ1) is 4.90. The zero-order valence-electron chi connectivity index (χ0n) is 6.51. The van der Waals surface area contributed by atoms with Gasteiger partial charge in [-0.2, -0.15) is 0 Å². The van der Waals surface area contributed by atoms with Crippen molar-refractivity contribution in [1.29, 1.82) is 0 Å². The second-order valence-electron chi connectivity index (χ2n) is 3.41. The molecule has 2 aliphatic carbocycles. The van der Waals surface area contributed by atoms with Crippen LogP contribution >= 0.6 is 0 Å². The molecular formula is C10H14. The fourth-order valence-corrected chi connectivity index (χ4v) is 1.68. The molecule has 0 aromatic rings. The van der Waals surface area contributed by atoms with Crippen LogP contribution in [-0.4, -0.2) is 0 Å². The number of fused-ring (bicyclic) bond motifs is 1. The first-order valence-electron chi connectivity index (χ1n) is 4.29. The van der Waals surface area contributed by atoms with Crippen molar-refractivity contribution in [2.45, 2.75) is 26.2 Å². The summed E-state index contributed by atoms with van der Waals surface area (Å²) in [6.07, 6.45) is 11.2. The lowest BCUT2D eigenvalue weighted by molar-refractivity contribution is 0.880. The molecule has 2 atom stereocenters. The largest absolute Gasteiger partial charge is 0.0805 e. The van der Waals surface area contributed by atoms with Crippen molar-refractivity contribution in [2.75, 3.05) is 0 Å². The van der Waals surface area contributed by atoms with Crippen LogP contribution in [0.2, 0.25) is 0 Å². The molecule has 0 amide bonds. The molecule has 2 aliphatic rings. The highest BCUT2D eigenvalue weighted by atomic mass is 14.4. The molecule has 0 heterocycles. The van der Waals surface area contributed by atoms with Crippen LogP contribution in [0.1, 0.15) is 26.2 Å². The van der Waals surface area contributed by atoms with E-state index in [4.69, 9.17) is 0 Å². The Kier molecular flexibility index (Phi) is 1.40. The molecule has 0 saturated heterocycles. The van der Waals surface area contributed by atoms with Crippen LogP contribution in [0.4, 0.5) is 0 Å². The van der Waals surface area contributed by atoms with Gasteiger partial charge >= 0.3 is 0 Å². The Hall–Kier alpha value is -0.520. The average molecular weight is 134 g/mol. The molecule has 2 unspecified atom stereocenters. The number of rotatable bonds is 2. The average Bonchev–Trinajstić information content (AvgIpc) is 2.66. The lowest BCUT2D eigenvalue weighted by atomic mass is 10.0. The predicted octanol–water partition coefficient (Wildman–Crippen LogP) is 2.92. The minimum Gasteiger partial charge on any atom is -0.0805 e. The van der Waals surface area contributed by atoms with Gasteiger partial charge in [-0.15, -0.1) is 0 Å². The maximum atomic E-state index is 2.47. The Morgan fingerprint density at radius 3 is 3.10 bits per heavy atom. The fourth-order valence-electron chi connectivity index (χ4n) is 1.68. The maximum Gasteiger partial charge on any atom is -0.0159 e. The van der Waals surface area contributed by atoms with Crippen LogP contribution in [0.25, 0.3) is 0 Å². The number of hydrogen-bond donors (Lipinski definition) is 0. The molecule has 0 aliphatic heterocycles. The molecule has 0 N–H and O–H groups in total. The summed E-state index contributed by atoms with van der Waals surface area (Å²) in [6, 6.07) is 0. The van der Waals surface area contributed by atoms with Crippen molar-refractivity contribution >= 4 is 0 Å². The van der Waals surface area contributed by atoms with Crippen molar-refractivity contribution in [3.05, 3.63) is 23.8 Å². The SMILES string of the molecule is CCCC1=CC2CC2C=C1. The second-order valence-corrected chi connectivity index (χ2v) is 3.41. The van der Waals surface area contributed by atoms with Crippen molar-refractivity contribution in [1.82, 2.24) is 0 Å². The lowest BCUT2D eigenvalue weighted by Crippen LogP contribution is -1.86. The summed E-state index contributed by atoms with van der Waals surface area (Å²) in [7, 11) is 0. The van der Waals surface area contributed by atoms with Gasteiger partial charge in [-0.1, -0.05) is 37.1 Å². The Bertz CT molecular complexity index is 186. The second kappa shape index (κ2) is 2.26. The fraction of sp³-hybridized carbons (Fsp3) is 0.600. The van der Waals surface area contributed by atoms with E-state index in [9.17, 15) is 0 Å². The minimum atomic E-state index is 0.931. The van der Waals surface area contributed by atoms with Crippen LogP contribution in [-0.2, 0) is 0 Å². The molecule has 0 bridgehead atoms. The van der Waals surface area contributed by atoms with Crippen LogP contribution in [0.15, 0.2) is 23.8 Å². The molecule has 10 heavy (non-hydrogen) atoms. The van der Waals surface area contributed by atoms with Gasteiger partial charge in [0, 0.05) is 0 Å². The third kappa shape index (κ3) is 1.03. The van der Waals surface area contributed by atoms with E-state index >= 15 is 0 Å². The summed E-state index contributed by atoms with van der Waals surface area (Å²) in [5.74, 6) is 1.87. The highest BCUT2D eigenvalue weighted by molar-refractivity contribution is 5.30. The lowest BCUT2D eigenvalue weighted by Gasteiger charge is -2.02. The van der Waals surface area contributed by atoms with Crippen LogP contribution in [0.3, 0.4) is 0 Å². The first kappa shape index (κ1) is 6.21. The van der Waals surface area contributed by atoms with Crippen LogP contribution in [0, 0.1) is 11.8 Å². The third-order valence-electron chi connectivity index (χ3n) is 2.42. The molecule has 0 nitrogen and oxygen atoms in total. The predicted molar refractivity (Wildman–Crippen MR) is 43.7 cm³/mol. The Labute approximate surface area is 62.6 Å². The zero-order chi connectivity index (χ0) is 6.97. The topological polar surface area (TPSA) is 0 Å². The van der Waals surface area contributed by atoms with E-state index in [-0.39, 0.29) is 0 Å². The maximum absolute atomic E-state index is 2.47. The molecule has 0 spiro atoms. The Morgan fingerprint density at radius 2 is 2.40 bits per heavy atom. The molecule has 1 fully saturated rings. The zero-order valence-corrected chi connectivity index (χ0v) is 6.51. The van der Waals surface area contributed by atoms with Crippen LogP contribution < -0.4 is 0 Å². The summed E-state index contributed by atoms with van der Waals surface area (Å²) in [6.45, 7) is 2.24. The van der Waals surface area contributed by atoms with Gasteiger partial charge in [0.15, 0.2) is 0 Å². The molecule has 0 radical (unpaired) electrons. The highest BCUT2D eigenvalue weighted by Gasteiger charge is 2.34. The van der Waals surface area contributed by atoms with Crippen molar-refractivity contribution in [3.8, 4) is 0 Å². The van der Waals surface area contributed by atoms with Gasteiger partial charge in [0.05, 0.1) is 0 Å². The normalized spacial score (nSPS) is 35.1. The molecule has 0 aromatic heterocycles. The van der Waals surface area contributed by atoms with E-state index in [1.807, 2.05) is 0 Å². The van der Waals surface area contributed by atoms with Gasteiger partial charge in [-0.25, -0.2) is 0 Å². The van der Waals surface area contributed by atoms with Gasteiger partial charge in [0.25, 0.3) is 0 Å². The van der Waals surface area contributed by atoms with Crippen molar-refractivity contribution in [3.63, 3.8) is 0 Å². The van der Waals surface area contributed by atoms with E-state index < -0.39 is 0 Å². The smallest absolute Gasteiger partial charge is 0.0159 e. The Morgan fingerprint density at radius 1 is 1.50 bits per heavy atom. The molecule has 54 valence electrons. The summed E-state index contributed by atoms with van der Waals surface area (Å²) >= 11 is 0. The third-order valence-corrected chi connectivity index (χ3v) is 2.42. The molecule has 1 saturated carbocycles. The minimum absolute atomic E-state index is 0.931. The van der Waals surface area contributed by atoms with E-state index in [0.29, 0.717) is 0 Å². The van der Waals surface area contributed by atoms with Crippen molar-refractivity contribution in [2.24, 2.45) is 11.8 Å². The first-order valence-corrected chi connectivity index (χ1v) is 4.29. The van der Waals surface area contributed by atoms with E-state index in [0.717, 1.165) is 11.8 Å². The van der Waals surface area contributed by atoms with Gasteiger partial charge in [-0.05, 0) is 24.7 Å². The molecule has 2 rings (SSSR count). The van der Waals surface area contributed by atoms with E-state index in [1.165, 1.54) is 19.3 Å². The van der Waals surface area contributed by atoms with Gasteiger partial charge < -0.3 is 0 Å². The molecular weight excluding hydrogens is 120 g/mol. The number of allylic oxidation sites excluding steroid dienone is 4. The molecule has 0 heteroatoms. The van der Waals surface area contributed by atoms with Gasteiger partial charge in [0.1, 0.15) is 0 Å².